The van der Waals surface area contributed by atoms with Gasteiger partial charge in [0.25, 0.3) is 0 Å². The topological polar surface area (TPSA) is 50.2 Å². The van der Waals surface area contributed by atoms with Crippen molar-refractivity contribution in [3.63, 3.8) is 0 Å². The number of nitrogens with zero attached hydrogens (tertiary/aromatic N) is 1. The molecule has 0 bridgehead atoms. The fourth-order valence-corrected chi connectivity index (χ4v) is 3.59. The SMILES string of the molecule is Cc1nc(C(C)(C)C)sc1C1(C(=O)O)CCC1. The summed E-state index contributed by atoms with van der Waals surface area (Å²) in [4.78, 5) is 17.0. The number of aromatic nitrogens is 1. The number of carbonyl (C=O) groups is 1. The zero-order chi connectivity index (χ0) is 12.8. The van der Waals surface area contributed by atoms with E-state index >= 15 is 0 Å². The molecule has 0 aliphatic heterocycles. The first kappa shape index (κ1) is 12.6. The van der Waals surface area contributed by atoms with E-state index in [4.69, 9.17) is 0 Å². The van der Waals surface area contributed by atoms with E-state index in [1.165, 1.54) is 0 Å². The molecule has 0 radical (unpaired) electrons. The first-order chi connectivity index (χ1) is 7.77. The van der Waals surface area contributed by atoms with Gasteiger partial charge >= 0.3 is 5.97 Å². The molecule has 1 heterocycles. The molecule has 1 fully saturated rings. The fourth-order valence-electron chi connectivity index (χ4n) is 2.23. The fraction of sp³-hybridized carbons (Fsp3) is 0.692. The van der Waals surface area contributed by atoms with Gasteiger partial charge in [0.05, 0.1) is 10.7 Å². The second-order valence-electron chi connectivity index (χ2n) is 5.92. The number of aryl methyl sites for hydroxylation is 1. The van der Waals surface area contributed by atoms with Crippen molar-refractivity contribution >= 4 is 17.3 Å². The molecule has 0 spiro atoms. The molecule has 4 heteroatoms. The number of aliphatic carboxylic acids is 1. The van der Waals surface area contributed by atoms with E-state index in [0.29, 0.717) is 0 Å². The lowest BCUT2D eigenvalue weighted by Crippen LogP contribution is -2.42. The summed E-state index contributed by atoms with van der Waals surface area (Å²) in [5, 5.41) is 10.5. The van der Waals surface area contributed by atoms with Gasteiger partial charge in [0.1, 0.15) is 5.41 Å². The molecule has 2 rings (SSSR count). The molecule has 0 atom stereocenters. The van der Waals surface area contributed by atoms with Crippen LogP contribution in [-0.2, 0) is 15.6 Å². The van der Waals surface area contributed by atoms with Crippen LogP contribution in [0.15, 0.2) is 0 Å². The van der Waals surface area contributed by atoms with E-state index < -0.39 is 11.4 Å². The van der Waals surface area contributed by atoms with Crippen molar-refractivity contribution in [2.45, 2.75) is 57.8 Å². The van der Waals surface area contributed by atoms with Crippen molar-refractivity contribution in [2.24, 2.45) is 0 Å². The van der Waals surface area contributed by atoms with Crippen molar-refractivity contribution in [3.05, 3.63) is 15.6 Å². The lowest BCUT2D eigenvalue weighted by atomic mass is 9.67. The molecule has 1 saturated carbocycles. The minimum absolute atomic E-state index is 0.00286. The van der Waals surface area contributed by atoms with Gasteiger partial charge < -0.3 is 5.11 Å². The Balaban J connectivity index is 2.46. The number of carboxylic acid groups (broad SMARTS) is 1. The monoisotopic (exact) mass is 253 g/mol. The van der Waals surface area contributed by atoms with Crippen molar-refractivity contribution in [1.82, 2.24) is 4.98 Å². The molecule has 94 valence electrons. The van der Waals surface area contributed by atoms with Gasteiger partial charge in [-0.2, -0.15) is 0 Å². The Morgan fingerprint density at radius 3 is 2.29 bits per heavy atom. The second kappa shape index (κ2) is 3.80. The predicted molar refractivity (Wildman–Crippen MR) is 68.7 cm³/mol. The molecule has 1 N–H and O–H groups in total. The highest BCUT2D eigenvalue weighted by Gasteiger charge is 2.48. The Labute approximate surface area is 106 Å². The first-order valence-corrected chi connectivity index (χ1v) is 6.81. The van der Waals surface area contributed by atoms with Gasteiger partial charge in [-0.1, -0.05) is 27.2 Å². The quantitative estimate of drug-likeness (QED) is 0.880. The minimum Gasteiger partial charge on any atom is -0.481 e. The third-order valence-corrected chi connectivity index (χ3v) is 5.28. The van der Waals surface area contributed by atoms with Crippen LogP contribution in [0.25, 0.3) is 0 Å². The molecule has 1 aliphatic carbocycles. The number of thiazole rings is 1. The predicted octanol–water partition coefficient (Wildman–Crippen LogP) is 3.26. The number of rotatable bonds is 2. The van der Waals surface area contributed by atoms with Gasteiger partial charge in [0.2, 0.25) is 0 Å². The molecule has 0 unspecified atom stereocenters. The smallest absolute Gasteiger partial charge is 0.315 e. The maximum atomic E-state index is 11.5. The maximum absolute atomic E-state index is 11.5. The average molecular weight is 253 g/mol. The third kappa shape index (κ3) is 1.88. The third-order valence-electron chi connectivity index (χ3n) is 3.49. The average Bonchev–Trinajstić information content (AvgIpc) is 2.45. The standard InChI is InChI=1S/C13H19NO2S/c1-8-9(13(11(15)16)6-5-7-13)17-10(14-8)12(2,3)4/h5-7H2,1-4H3,(H,15,16). The molecule has 0 aromatic carbocycles. The van der Waals surface area contributed by atoms with Crippen LogP contribution in [0, 0.1) is 6.92 Å². The van der Waals surface area contributed by atoms with Crippen molar-refractivity contribution in [3.8, 4) is 0 Å². The van der Waals surface area contributed by atoms with Gasteiger partial charge in [0, 0.05) is 10.3 Å². The van der Waals surface area contributed by atoms with E-state index in [1.54, 1.807) is 11.3 Å². The number of hydrogen-bond donors (Lipinski definition) is 1. The van der Waals surface area contributed by atoms with Crippen molar-refractivity contribution in [1.29, 1.82) is 0 Å². The summed E-state index contributed by atoms with van der Waals surface area (Å²) >= 11 is 1.59. The Hall–Kier alpha value is -0.900. The lowest BCUT2D eigenvalue weighted by molar-refractivity contribution is -0.147. The van der Waals surface area contributed by atoms with E-state index in [-0.39, 0.29) is 5.41 Å². The summed E-state index contributed by atoms with van der Waals surface area (Å²) in [6, 6.07) is 0. The summed E-state index contributed by atoms with van der Waals surface area (Å²) in [6.07, 6.45) is 2.53. The van der Waals surface area contributed by atoms with Crippen LogP contribution in [0.3, 0.4) is 0 Å². The second-order valence-corrected chi connectivity index (χ2v) is 6.92. The van der Waals surface area contributed by atoms with Gasteiger partial charge in [-0.15, -0.1) is 11.3 Å². The maximum Gasteiger partial charge on any atom is 0.315 e. The number of carboxylic acids is 1. The van der Waals surface area contributed by atoms with E-state index in [9.17, 15) is 9.90 Å². The van der Waals surface area contributed by atoms with Crippen molar-refractivity contribution < 1.29 is 9.90 Å². The van der Waals surface area contributed by atoms with Crippen LogP contribution in [0.5, 0.6) is 0 Å². The van der Waals surface area contributed by atoms with Crippen LogP contribution in [0.2, 0.25) is 0 Å². The highest BCUT2D eigenvalue weighted by molar-refractivity contribution is 7.12. The Kier molecular flexibility index (Phi) is 2.81. The summed E-state index contributed by atoms with van der Waals surface area (Å²) in [7, 11) is 0. The molecule has 1 aromatic rings. The van der Waals surface area contributed by atoms with Gasteiger partial charge in [0.15, 0.2) is 0 Å². The van der Waals surface area contributed by atoms with E-state index in [2.05, 4.69) is 25.8 Å². The van der Waals surface area contributed by atoms with Crippen LogP contribution in [-0.4, -0.2) is 16.1 Å². The summed E-state index contributed by atoms with van der Waals surface area (Å²) < 4.78 is 0. The number of hydrogen-bond acceptors (Lipinski definition) is 3. The first-order valence-electron chi connectivity index (χ1n) is 5.99. The van der Waals surface area contributed by atoms with Crippen LogP contribution >= 0.6 is 11.3 Å². The van der Waals surface area contributed by atoms with Crippen LogP contribution in [0.4, 0.5) is 0 Å². The molecule has 17 heavy (non-hydrogen) atoms. The highest BCUT2D eigenvalue weighted by atomic mass is 32.1. The molecular weight excluding hydrogens is 234 g/mol. The van der Waals surface area contributed by atoms with Gasteiger partial charge in [-0.3, -0.25) is 4.79 Å². The highest BCUT2D eigenvalue weighted by Crippen LogP contribution is 2.48. The van der Waals surface area contributed by atoms with E-state index in [1.807, 2.05) is 6.92 Å². The Morgan fingerprint density at radius 2 is 2.00 bits per heavy atom. The lowest BCUT2D eigenvalue weighted by Gasteiger charge is -2.37. The van der Waals surface area contributed by atoms with Crippen LogP contribution < -0.4 is 0 Å². The molecule has 0 amide bonds. The van der Waals surface area contributed by atoms with E-state index in [0.717, 1.165) is 34.8 Å². The summed E-state index contributed by atoms with van der Waals surface area (Å²) in [5.41, 5.74) is 0.268. The summed E-state index contributed by atoms with van der Waals surface area (Å²) in [6.45, 7) is 8.28. The van der Waals surface area contributed by atoms with Crippen molar-refractivity contribution in [2.75, 3.05) is 0 Å². The normalized spacial score (nSPS) is 18.8. The summed E-state index contributed by atoms with van der Waals surface area (Å²) in [5.74, 6) is -0.684. The minimum atomic E-state index is -0.684. The van der Waals surface area contributed by atoms with Gasteiger partial charge in [-0.25, -0.2) is 4.98 Å². The molecule has 0 saturated heterocycles. The van der Waals surface area contributed by atoms with Gasteiger partial charge in [-0.05, 0) is 19.8 Å². The molecule has 1 aliphatic rings. The zero-order valence-electron chi connectivity index (χ0n) is 10.8. The van der Waals surface area contributed by atoms with Crippen LogP contribution in [0.1, 0.15) is 55.6 Å². The zero-order valence-corrected chi connectivity index (χ0v) is 11.6. The largest absolute Gasteiger partial charge is 0.481 e. The molecular formula is C13H19NO2S. The molecule has 1 aromatic heterocycles. The Bertz CT molecular complexity index is 452. The Morgan fingerprint density at radius 1 is 1.41 bits per heavy atom. The molecule has 3 nitrogen and oxygen atoms in total.